The van der Waals surface area contributed by atoms with Gasteiger partial charge < -0.3 is 29.6 Å². The lowest BCUT2D eigenvalue weighted by atomic mass is 10.2. The minimum absolute atomic E-state index is 0.0657. The Morgan fingerprint density at radius 1 is 0.588 bits per heavy atom. The summed E-state index contributed by atoms with van der Waals surface area (Å²) in [4.78, 5) is 55.3. The first-order valence-corrected chi connectivity index (χ1v) is 22.7. The zero-order valence-electron chi connectivity index (χ0n) is 35.7. The van der Waals surface area contributed by atoms with Crippen LogP contribution in [-0.4, -0.2) is 85.9 Å². The van der Waals surface area contributed by atoms with Crippen LogP contribution in [0.25, 0.3) is 22.5 Å². The molecule has 0 spiro atoms. The minimum Gasteiger partial charge on any atom is -0.458 e. The van der Waals surface area contributed by atoms with Crippen molar-refractivity contribution in [2.45, 2.75) is 36.1 Å². The van der Waals surface area contributed by atoms with Crippen molar-refractivity contribution in [1.29, 1.82) is 0 Å². The topological polar surface area (TPSA) is 233 Å². The molecule has 356 valence electrons. The van der Waals surface area contributed by atoms with Gasteiger partial charge in [-0.25, -0.2) is 62.7 Å². The molecular formula is C44H38F4N6O12S2. The molecule has 0 atom stereocenters. The number of rotatable bonds is 20. The van der Waals surface area contributed by atoms with E-state index in [1.54, 1.807) is 0 Å². The van der Waals surface area contributed by atoms with Gasteiger partial charge in [0.05, 0.1) is 20.9 Å². The van der Waals surface area contributed by atoms with Gasteiger partial charge in [-0.3, -0.25) is 0 Å². The SMILES string of the molecule is CNCc1cn(S(=O)(=O)c2cccc(COC(=O)COC(=O)/C=C/C(=O)OCC(=O)OCc3cccc(S(=O)(=O)n4cc(CNC)c(F)c4-c4cccnc4F)c3)c2)c(-c2cccnc2F)c1F. The van der Waals surface area contributed by atoms with Crippen molar-refractivity contribution in [3.63, 3.8) is 0 Å². The van der Waals surface area contributed by atoms with Crippen molar-refractivity contribution in [3.8, 4) is 22.5 Å². The second-order valence-electron chi connectivity index (χ2n) is 14.1. The Hall–Kier alpha value is -7.54. The van der Waals surface area contributed by atoms with Gasteiger partial charge in [-0.2, -0.15) is 8.78 Å². The Morgan fingerprint density at radius 3 is 1.35 bits per heavy atom. The van der Waals surface area contributed by atoms with Crippen LogP contribution in [0.5, 0.6) is 0 Å². The average Bonchev–Trinajstić information content (AvgIpc) is 3.84. The third-order valence-corrected chi connectivity index (χ3v) is 12.8. The predicted molar refractivity (Wildman–Crippen MR) is 229 cm³/mol. The molecule has 18 nitrogen and oxygen atoms in total. The van der Waals surface area contributed by atoms with Crippen molar-refractivity contribution in [2.24, 2.45) is 0 Å². The quantitative estimate of drug-likeness (QED) is 0.0357. The van der Waals surface area contributed by atoms with E-state index in [9.17, 15) is 44.8 Å². The molecule has 0 radical (unpaired) electrons. The van der Waals surface area contributed by atoms with E-state index in [-0.39, 0.29) is 45.1 Å². The molecule has 0 aliphatic rings. The fourth-order valence-electron chi connectivity index (χ4n) is 6.35. The zero-order valence-corrected chi connectivity index (χ0v) is 37.3. The van der Waals surface area contributed by atoms with E-state index in [0.29, 0.717) is 20.1 Å². The smallest absolute Gasteiger partial charge is 0.344 e. The maximum absolute atomic E-state index is 15.5. The highest BCUT2D eigenvalue weighted by atomic mass is 32.2. The van der Waals surface area contributed by atoms with E-state index >= 15 is 8.78 Å². The van der Waals surface area contributed by atoms with Crippen LogP contribution in [0, 0.1) is 23.5 Å². The number of hydrogen-bond acceptors (Lipinski definition) is 16. The van der Waals surface area contributed by atoms with Crippen LogP contribution < -0.4 is 10.6 Å². The number of aromatic nitrogens is 4. The number of halogens is 4. The second-order valence-corrected chi connectivity index (χ2v) is 17.8. The van der Waals surface area contributed by atoms with Crippen LogP contribution in [0.3, 0.4) is 0 Å². The molecule has 4 heterocycles. The summed E-state index contributed by atoms with van der Waals surface area (Å²) in [7, 11) is -6.10. The molecule has 6 aromatic rings. The van der Waals surface area contributed by atoms with Gasteiger partial charge in [-0.05, 0) is 73.8 Å². The number of hydrogen-bond donors (Lipinski definition) is 2. The van der Waals surface area contributed by atoms with Crippen molar-refractivity contribution in [2.75, 3.05) is 27.3 Å². The van der Waals surface area contributed by atoms with Crippen LogP contribution >= 0.6 is 0 Å². The molecule has 2 N–H and O–H groups in total. The normalized spacial score (nSPS) is 11.7. The van der Waals surface area contributed by atoms with Crippen molar-refractivity contribution in [3.05, 3.63) is 156 Å². The minimum atomic E-state index is -4.56. The van der Waals surface area contributed by atoms with Gasteiger partial charge in [0.2, 0.25) is 11.9 Å². The highest BCUT2D eigenvalue weighted by molar-refractivity contribution is 7.90. The summed E-state index contributed by atoms with van der Waals surface area (Å²) in [6.45, 7) is -3.04. The molecule has 4 aromatic heterocycles. The molecule has 0 amide bonds. The van der Waals surface area contributed by atoms with E-state index in [1.807, 2.05) is 0 Å². The molecule has 0 fully saturated rings. The lowest BCUT2D eigenvalue weighted by molar-refractivity contribution is -0.157. The lowest BCUT2D eigenvalue weighted by Crippen LogP contribution is -2.17. The lowest BCUT2D eigenvalue weighted by Gasteiger charge is -2.12. The van der Waals surface area contributed by atoms with Gasteiger partial charge in [0.1, 0.15) is 24.6 Å². The molecule has 0 aliphatic heterocycles. The number of pyridine rings is 2. The summed E-state index contributed by atoms with van der Waals surface area (Å²) in [5, 5.41) is 5.43. The molecule has 0 saturated carbocycles. The van der Waals surface area contributed by atoms with Gasteiger partial charge in [0.25, 0.3) is 20.0 Å². The average molecular weight is 983 g/mol. The van der Waals surface area contributed by atoms with Crippen LogP contribution in [0.4, 0.5) is 17.6 Å². The first-order chi connectivity index (χ1) is 32.5. The Kier molecular flexibility index (Phi) is 16.0. The number of carbonyl (C=O) groups excluding carboxylic acids is 4. The molecule has 0 saturated heterocycles. The summed E-state index contributed by atoms with van der Waals surface area (Å²) >= 11 is 0. The monoisotopic (exact) mass is 982 g/mol. The molecule has 0 aliphatic carbocycles. The fourth-order valence-corrected chi connectivity index (χ4v) is 9.28. The first-order valence-electron chi connectivity index (χ1n) is 19.8. The number of nitrogens with zero attached hydrogens (tertiary/aromatic N) is 4. The highest BCUT2D eigenvalue weighted by Crippen LogP contribution is 2.34. The Labute approximate surface area is 385 Å². The Balaban J connectivity index is 0.974. The maximum Gasteiger partial charge on any atom is 0.344 e. The fraction of sp³-hybridized carbons (Fsp3) is 0.182. The van der Waals surface area contributed by atoms with Gasteiger partial charge >= 0.3 is 23.9 Å². The van der Waals surface area contributed by atoms with Crippen LogP contribution in [-0.2, 0) is 84.5 Å². The summed E-state index contributed by atoms with van der Waals surface area (Å²) in [5.41, 5.74) is -1.77. The van der Waals surface area contributed by atoms with Crippen molar-refractivity contribution < 1.29 is 72.5 Å². The van der Waals surface area contributed by atoms with E-state index in [2.05, 4.69) is 20.6 Å². The van der Waals surface area contributed by atoms with Crippen LogP contribution in [0.15, 0.2) is 120 Å². The predicted octanol–water partition coefficient (Wildman–Crippen LogP) is 4.31. The largest absolute Gasteiger partial charge is 0.458 e. The summed E-state index contributed by atoms with van der Waals surface area (Å²) in [6.07, 6.45) is 5.45. The van der Waals surface area contributed by atoms with E-state index in [0.717, 1.165) is 36.9 Å². The Morgan fingerprint density at radius 2 is 0.985 bits per heavy atom. The highest BCUT2D eigenvalue weighted by Gasteiger charge is 2.30. The summed E-state index contributed by atoms with van der Waals surface area (Å²) < 4.78 is 136. The molecule has 24 heteroatoms. The van der Waals surface area contributed by atoms with Gasteiger partial charge in [0, 0.05) is 61.2 Å². The summed E-state index contributed by atoms with van der Waals surface area (Å²) in [6, 6.07) is 15.2. The molecule has 6 rings (SSSR count). The number of esters is 4. The van der Waals surface area contributed by atoms with E-state index in [1.165, 1.54) is 74.8 Å². The van der Waals surface area contributed by atoms with Gasteiger partial charge in [-0.15, -0.1) is 0 Å². The number of nitrogens with one attached hydrogen (secondary N) is 2. The van der Waals surface area contributed by atoms with Crippen LogP contribution in [0.2, 0.25) is 0 Å². The standard InChI is InChI=1S/C44H38F4N6O12S2/c1-49-19-29-21-53(41(39(29)45)33-11-5-15-51-43(33)47)67(59,60)31-9-3-7-27(17-31)23-63-37(57)25-65-35(55)13-14-36(56)66-26-38(58)64-24-28-8-4-10-32(18-28)68(61,62)54-22-30(20-50-2)40(46)42(54)34-12-6-16-52-44(34)48/h3-18,21-22,49-50H,19-20,23-26H2,1-2H3/b14-13+. The maximum atomic E-state index is 15.5. The van der Waals surface area contributed by atoms with E-state index in [4.69, 9.17) is 18.9 Å². The number of benzene rings is 2. The van der Waals surface area contributed by atoms with E-state index < -0.39 is 116 Å². The molecular weight excluding hydrogens is 945 g/mol. The third kappa shape index (κ3) is 11.5. The Bertz CT molecular complexity index is 2930. The third-order valence-electron chi connectivity index (χ3n) is 9.46. The number of carbonyl (C=O) groups is 4. The molecule has 0 bridgehead atoms. The summed E-state index contributed by atoms with van der Waals surface area (Å²) in [5.74, 6) is -8.70. The molecule has 2 aromatic carbocycles. The molecule has 68 heavy (non-hydrogen) atoms. The first kappa shape index (κ1) is 49.9. The number of ether oxygens (including phenoxy) is 4. The van der Waals surface area contributed by atoms with Crippen molar-refractivity contribution in [1.82, 2.24) is 28.5 Å². The van der Waals surface area contributed by atoms with Crippen molar-refractivity contribution >= 4 is 43.9 Å². The van der Waals surface area contributed by atoms with Gasteiger partial charge in [-0.1, -0.05) is 24.3 Å². The zero-order chi connectivity index (χ0) is 49.2. The van der Waals surface area contributed by atoms with Crippen LogP contribution in [0.1, 0.15) is 22.3 Å². The second kappa shape index (κ2) is 21.8. The molecule has 0 unspecified atom stereocenters. The van der Waals surface area contributed by atoms with Gasteiger partial charge in [0.15, 0.2) is 24.8 Å².